The molecule has 21 heavy (non-hydrogen) atoms. The van der Waals surface area contributed by atoms with Gasteiger partial charge in [0.2, 0.25) is 5.91 Å². The normalized spacial score (nSPS) is 12.2. The van der Waals surface area contributed by atoms with Crippen LogP contribution in [-0.4, -0.2) is 61.0 Å². The van der Waals surface area contributed by atoms with Crippen molar-refractivity contribution in [3.05, 3.63) is 35.9 Å². The largest absolute Gasteiger partial charge is 0.481 e. The van der Waals surface area contributed by atoms with Crippen LogP contribution in [0.25, 0.3) is 0 Å². The van der Waals surface area contributed by atoms with Crippen molar-refractivity contribution in [2.75, 3.05) is 34.2 Å². The summed E-state index contributed by atoms with van der Waals surface area (Å²) in [7, 11) is 5.59. The van der Waals surface area contributed by atoms with E-state index in [9.17, 15) is 14.7 Å². The summed E-state index contributed by atoms with van der Waals surface area (Å²) >= 11 is 0. The van der Waals surface area contributed by atoms with Crippen LogP contribution in [0.2, 0.25) is 0 Å². The predicted molar refractivity (Wildman–Crippen MR) is 82.1 cm³/mol. The Morgan fingerprint density at radius 1 is 1.10 bits per heavy atom. The van der Waals surface area contributed by atoms with E-state index in [1.165, 1.54) is 0 Å². The summed E-state index contributed by atoms with van der Waals surface area (Å²) in [4.78, 5) is 27.0. The van der Waals surface area contributed by atoms with Gasteiger partial charge < -0.3 is 14.9 Å². The number of amides is 1. The Labute approximate surface area is 126 Å². The first-order chi connectivity index (χ1) is 9.90. The van der Waals surface area contributed by atoms with Crippen LogP contribution in [0.1, 0.15) is 12.0 Å². The molecule has 1 amide bonds. The molecule has 0 fully saturated rings. The number of nitrogens with zero attached hydrogens (tertiary/aromatic N) is 2. The Morgan fingerprint density at radius 2 is 1.71 bits per heavy atom. The van der Waals surface area contributed by atoms with Gasteiger partial charge in [0.05, 0.1) is 5.92 Å². The van der Waals surface area contributed by atoms with Crippen LogP contribution < -0.4 is 0 Å². The van der Waals surface area contributed by atoms with Gasteiger partial charge in [0.25, 0.3) is 0 Å². The molecule has 0 saturated heterocycles. The van der Waals surface area contributed by atoms with E-state index in [4.69, 9.17) is 0 Å². The van der Waals surface area contributed by atoms with E-state index >= 15 is 0 Å². The molecular formula is C16H24N2O3. The third-order valence-electron chi connectivity index (χ3n) is 3.40. The zero-order valence-corrected chi connectivity index (χ0v) is 13.0. The van der Waals surface area contributed by atoms with Crippen molar-refractivity contribution < 1.29 is 14.7 Å². The van der Waals surface area contributed by atoms with Crippen LogP contribution in [0.3, 0.4) is 0 Å². The highest BCUT2D eigenvalue weighted by molar-refractivity contribution is 5.82. The second kappa shape index (κ2) is 8.42. The quantitative estimate of drug-likeness (QED) is 0.785. The molecule has 1 rings (SSSR count). The van der Waals surface area contributed by atoms with Crippen molar-refractivity contribution in [2.24, 2.45) is 5.92 Å². The highest BCUT2D eigenvalue weighted by Gasteiger charge is 2.23. The highest BCUT2D eigenvalue weighted by Crippen LogP contribution is 2.14. The molecule has 5 nitrogen and oxygen atoms in total. The van der Waals surface area contributed by atoms with Crippen molar-refractivity contribution in [1.29, 1.82) is 0 Å². The topological polar surface area (TPSA) is 60.9 Å². The average molecular weight is 292 g/mol. The zero-order valence-electron chi connectivity index (χ0n) is 13.0. The first-order valence-electron chi connectivity index (χ1n) is 7.05. The number of carbonyl (C=O) groups is 2. The lowest BCUT2D eigenvalue weighted by molar-refractivity contribution is -0.145. The summed E-state index contributed by atoms with van der Waals surface area (Å²) in [5.74, 6) is -1.73. The molecule has 1 aromatic carbocycles. The van der Waals surface area contributed by atoms with Gasteiger partial charge >= 0.3 is 5.97 Å². The van der Waals surface area contributed by atoms with Crippen LogP contribution in [0.4, 0.5) is 0 Å². The maximum atomic E-state index is 12.1. The average Bonchev–Trinajstić information content (AvgIpc) is 2.44. The molecule has 0 spiro atoms. The number of benzene rings is 1. The fraction of sp³-hybridized carbons (Fsp3) is 0.500. The minimum Gasteiger partial charge on any atom is -0.481 e. The number of carboxylic acid groups (broad SMARTS) is 1. The second-order valence-corrected chi connectivity index (χ2v) is 5.55. The number of hydrogen-bond donors (Lipinski definition) is 1. The van der Waals surface area contributed by atoms with Crippen LogP contribution >= 0.6 is 0 Å². The Hall–Kier alpha value is -1.88. The van der Waals surface area contributed by atoms with Crippen molar-refractivity contribution in [3.8, 4) is 0 Å². The van der Waals surface area contributed by atoms with E-state index < -0.39 is 11.9 Å². The molecule has 5 heteroatoms. The standard InChI is InChI=1S/C16H24N2O3/c1-17(2)9-10-18(3)15(19)12-14(16(20)21)11-13-7-5-4-6-8-13/h4-8,14H,9-12H2,1-3H3,(H,20,21)/t14-/m0/s1. The summed E-state index contributed by atoms with van der Waals surface area (Å²) in [5.41, 5.74) is 0.939. The third-order valence-corrected chi connectivity index (χ3v) is 3.40. The van der Waals surface area contributed by atoms with Gasteiger partial charge in [-0.15, -0.1) is 0 Å². The summed E-state index contributed by atoms with van der Waals surface area (Å²) in [5, 5.41) is 9.30. The van der Waals surface area contributed by atoms with Crippen LogP contribution in [0.5, 0.6) is 0 Å². The van der Waals surface area contributed by atoms with Gasteiger partial charge in [-0.2, -0.15) is 0 Å². The summed E-state index contributed by atoms with van der Waals surface area (Å²) in [6.45, 7) is 1.36. The van der Waals surface area contributed by atoms with Gasteiger partial charge in [-0.1, -0.05) is 30.3 Å². The lowest BCUT2D eigenvalue weighted by atomic mass is 9.96. The molecule has 0 bridgehead atoms. The smallest absolute Gasteiger partial charge is 0.307 e. The first-order valence-corrected chi connectivity index (χ1v) is 7.05. The SMILES string of the molecule is CN(C)CCN(C)C(=O)C[C@H](Cc1ccccc1)C(=O)O. The first kappa shape index (κ1) is 17.2. The second-order valence-electron chi connectivity index (χ2n) is 5.55. The van der Waals surface area contributed by atoms with Crippen LogP contribution in [-0.2, 0) is 16.0 Å². The molecule has 0 aliphatic carbocycles. The Morgan fingerprint density at radius 3 is 2.24 bits per heavy atom. The van der Waals surface area contributed by atoms with E-state index in [1.54, 1.807) is 11.9 Å². The summed E-state index contributed by atoms with van der Waals surface area (Å²) in [6.07, 6.45) is 0.414. The van der Waals surface area contributed by atoms with E-state index in [-0.39, 0.29) is 12.3 Å². The Balaban J connectivity index is 2.58. The molecular weight excluding hydrogens is 268 g/mol. The van der Waals surface area contributed by atoms with Crippen molar-refractivity contribution >= 4 is 11.9 Å². The van der Waals surface area contributed by atoms with Gasteiger partial charge in [-0.25, -0.2) is 0 Å². The van der Waals surface area contributed by atoms with Gasteiger partial charge in [0, 0.05) is 26.6 Å². The van der Waals surface area contributed by atoms with Crippen molar-refractivity contribution in [1.82, 2.24) is 9.80 Å². The van der Waals surface area contributed by atoms with E-state index in [0.29, 0.717) is 13.0 Å². The zero-order chi connectivity index (χ0) is 15.8. The number of hydrogen-bond acceptors (Lipinski definition) is 3. The lowest BCUT2D eigenvalue weighted by Gasteiger charge is -2.21. The Kier molecular flexibility index (Phi) is 6.88. The number of likely N-dealkylation sites (N-methyl/N-ethyl adjacent to an activating group) is 2. The third kappa shape index (κ3) is 6.40. The fourth-order valence-electron chi connectivity index (χ4n) is 1.99. The predicted octanol–water partition coefficient (Wildman–Crippen LogP) is 1.34. The molecule has 0 heterocycles. The molecule has 1 aromatic rings. The molecule has 1 N–H and O–H groups in total. The monoisotopic (exact) mass is 292 g/mol. The van der Waals surface area contributed by atoms with Crippen molar-refractivity contribution in [3.63, 3.8) is 0 Å². The maximum Gasteiger partial charge on any atom is 0.307 e. The summed E-state index contributed by atoms with van der Waals surface area (Å²) in [6, 6.07) is 9.41. The highest BCUT2D eigenvalue weighted by atomic mass is 16.4. The van der Waals surface area contributed by atoms with Gasteiger partial charge in [-0.05, 0) is 26.1 Å². The number of carbonyl (C=O) groups excluding carboxylic acids is 1. The summed E-state index contributed by atoms with van der Waals surface area (Å²) < 4.78 is 0. The fourth-order valence-corrected chi connectivity index (χ4v) is 1.99. The van der Waals surface area contributed by atoms with Gasteiger partial charge in [0.15, 0.2) is 0 Å². The Bertz CT molecular complexity index is 460. The van der Waals surface area contributed by atoms with Crippen molar-refractivity contribution in [2.45, 2.75) is 12.8 Å². The van der Waals surface area contributed by atoms with Gasteiger partial charge in [-0.3, -0.25) is 9.59 Å². The molecule has 0 saturated carbocycles. The molecule has 0 radical (unpaired) electrons. The minimum atomic E-state index is -0.923. The molecule has 1 atom stereocenters. The lowest BCUT2D eigenvalue weighted by Crippen LogP contribution is -2.35. The molecule has 0 aliphatic rings. The number of carboxylic acids is 1. The van der Waals surface area contributed by atoms with E-state index in [1.807, 2.05) is 49.3 Å². The number of rotatable bonds is 8. The molecule has 0 aromatic heterocycles. The maximum absolute atomic E-state index is 12.1. The van der Waals surface area contributed by atoms with Crippen LogP contribution in [0, 0.1) is 5.92 Å². The molecule has 116 valence electrons. The molecule has 0 unspecified atom stereocenters. The van der Waals surface area contributed by atoms with Crippen LogP contribution in [0.15, 0.2) is 30.3 Å². The van der Waals surface area contributed by atoms with E-state index in [0.717, 1.165) is 12.1 Å². The van der Waals surface area contributed by atoms with E-state index in [2.05, 4.69) is 0 Å². The van der Waals surface area contributed by atoms with Gasteiger partial charge in [0.1, 0.15) is 0 Å². The minimum absolute atomic E-state index is 0.0359. The number of aliphatic carboxylic acids is 1. The molecule has 0 aliphatic heterocycles.